The van der Waals surface area contributed by atoms with Crippen LogP contribution in [0.1, 0.15) is 30.9 Å². The predicted molar refractivity (Wildman–Crippen MR) is 104 cm³/mol. The number of benzene rings is 2. The lowest BCUT2D eigenvalue weighted by Gasteiger charge is -2.16. The van der Waals surface area contributed by atoms with E-state index in [2.05, 4.69) is 24.1 Å². The molecule has 25 heavy (non-hydrogen) atoms. The standard InChI is InChI=1S/C19H19ClN2O2S/c1-11(2)14-6-4-5-12(3)18(14)22-17(23)10-25-19-21-15-8-7-13(20)9-16(15)24-19/h4-9,11H,10H2,1-3H3,(H,22,23). The monoisotopic (exact) mass is 374 g/mol. The minimum absolute atomic E-state index is 0.0820. The van der Waals surface area contributed by atoms with Gasteiger partial charge < -0.3 is 9.73 Å². The van der Waals surface area contributed by atoms with Crippen LogP contribution in [0.25, 0.3) is 11.1 Å². The van der Waals surface area contributed by atoms with Crippen LogP contribution >= 0.6 is 23.4 Å². The second-order valence-electron chi connectivity index (χ2n) is 6.12. The number of thioether (sulfide) groups is 1. The minimum Gasteiger partial charge on any atom is -0.431 e. The van der Waals surface area contributed by atoms with Gasteiger partial charge in [-0.15, -0.1) is 0 Å². The zero-order valence-corrected chi connectivity index (χ0v) is 15.9. The fraction of sp³-hybridized carbons (Fsp3) is 0.263. The largest absolute Gasteiger partial charge is 0.431 e. The summed E-state index contributed by atoms with van der Waals surface area (Å²) in [5.41, 5.74) is 4.44. The van der Waals surface area contributed by atoms with Crippen molar-refractivity contribution < 1.29 is 9.21 Å². The van der Waals surface area contributed by atoms with E-state index in [1.807, 2.05) is 25.1 Å². The molecule has 0 aliphatic heterocycles. The maximum Gasteiger partial charge on any atom is 0.257 e. The zero-order chi connectivity index (χ0) is 18.0. The molecule has 0 bridgehead atoms. The number of aromatic nitrogens is 1. The molecule has 3 rings (SSSR count). The van der Waals surface area contributed by atoms with Crippen LogP contribution in [-0.2, 0) is 4.79 Å². The second kappa shape index (κ2) is 7.50. The number of anilines is 1. The molecule has 1 N–H and O–H groups in total. The van der Waals surface area contributed by atoms with Gasteiger partial charge in [-0.25, -0.2) is 4.98 Å². The van der Waals surface area contributed by atoms with Gasteiger partial charge in [0.05, 0.1) is 5.75 Å². The molecule has 0 unspecified atom stereocenters. The first-order valence-electron chi connectivity index (χ1n) is 8.02. The number of aryl methyl sites for hydroxylation is 1. The third kappa shape index (κ3) is 4.17. The number of oxazole rings is 1. The molecule has 2 aromatic carbocycles. The Morgan fingerprint density at radius 3 is 2.88 bits per heavy atom. The highest BCUT2D eigenvalue weighted by Crippen LogP contribution is 2.29. The number of nitrogens with one attached hydrogen (secondary N) is 1. The second-order valence-corrected chi connectivity index (χ2v) is 7.49. The van der Waals surface area contributed by atoms with Crippen molar-refractivity contribution in [1.82, 2.24) is 4.98 Å². The summed E-state index contributed by atoms with van der Waals surface area (Å²) in [7, 11) is 0. The summed E-state index contributed by atoms with van der Waals surface area (Å²) >= 11 is 7.21. The van der Waals surface area contributed by atoms with Crippen molar-refractivity contribution in [3.05, 3.63) is 52.5 Å². The lowest BCUT2D eigenvalue weighted by atomic mass is 9.98. The number of rotatable bonds is 5. The van der Waals surface area contributed by atoms with Gasteiger partial charge in [0.1, 0.15) is 5.52 Å². The molecule has 0 saturated heterocycles. The van der Waals surface area contributed by atoms with E-state index < -0.39 is 0 Å². The number of hydrogen-bond acceptors (Lipinski definition) is 4. The van der Waals surface area contributed by atoms with Gasteiger partial charge in [-0.3, -0.25) is 4.79 Å². The van der Waals surface area contributed by atoms with E-state index in [-0.39, 0.29) is 11.7 Å². The van der Waals surface area contributed by atoms with Gasteiger partial charge in [-0.05, 0) is 36.1 Å². The number of carbonyl (C=O) groups is 1. The molecule has 0 saturated carbocycles. The van der Waals surface area contributed by atoms with E-state index in [1.165, 1.54) is 11.8 Å². The fourth-order valence-corrected chi connectivity index (χ4v) is 3.38. The topological polar surface area (TPSA) is 55.1 Å². The molecule has 0 atom stereocenters. The third-order valence-electron chi connectivity index (χ3n) is 3.85. The fourth-order valence-electron chi connectivity index (χ4n) is 2.58. The van der Waals surface area contributed by atoms with Crippen molar-refractivity contribution in [2.45, 2.75) is 31.9 Å². The van der Waals surface area contributed by atoms with Gasteiger partial charge in [-0.1, -0.05) is 55.4 Å². The molecule has 0 aliphatic carbocycles. The Hall–Kier alpha value is -1.98. The van der Waals surface area contributed by atoms with E-state index in [0.29, 0.717) is 21.7 Å². The first kappa shape index (κ1) is 17.8. The molecule has 1 aromatic heterocycles. The van der Waals surface area contributed by atoms with E-state index in [1.54, 1.807) is 18.2 Å². The number of amides is 1. The Labute approximate surface area is 156 Å². The molecular weight excluding hydrogens is 356 g/mol. The lowest BCUT2D eigenvalue weighted by Crippen LogP contribution is -2.16. The number of halogens is 1. The van der Waals surface area contributed by atoms with Crippen LogP contribution in [0.2, 0.25) is 5.02 Å². The highest BCUT2D eigenvalue weighted by Gasteiger charge is 2.14. The van der Waals surface area contributed by atoms with Crippen molar-refractivity contribution in [2.24, 2.45) is 0 Å². The van der Waals surface area contributed by atoms with Crippen molar-refractivity contribution in [2.75, 3.05) is 11.1 Å². The summed E-state index contributed by atoms with van der Waals surface area (Å²) in [5, 5.41) is 4.08. The maximum absolute atomic E-state index is 12.4. The van der Waals surface area contributed by atoms with Crippen LogP contribution in [0.15, 0.2) is 46.0 Å². The van der Waals surface area contributed by atoms with E-state index in [9.17, 15) is 4.79 Å². The summed E-state index contributed by atoms with van der Waals surface area (Å²) in [6, 6.07) is 11.3. The Kier molecular flexibility index (Phi) is 5.35. The molecule has 0 radical (unpaired) electrons. The molecule has 4 nitrogen and oxygen atoms in total. The van der Waals surface area contributed by atoms with Crippen LogP contribution in [0.4, 0.5) is 5.69 Å². The molecule has 1 amide bonds. The Morgan fingerprint density at radius 1 is 1.32 bits per heavy atom. The Morgan fingerprint density at radius 2 is 2.12 bits per heavy atom. The normalized spacial score (nSPS) is 11.2. The van der Waals surface area contributed by atoms with Gasteiger partial charge in [0.2, 0.25) is 5.91 Å². The average Bonchev–Trinajstić information content (AvgIpc) is 2.96. The van der Waals surface area contributed by atoms with Crippen LogP contribution in [-0.4, -0.2) is 16.6 Å². The quantitative estimate of drug-likeness (QED) is 0.587. The number of carbonyl (C=O) groups excluding carboxylic acids is 1. The van der Waals surface area contributed by atoms with Crippen molar-refractivity contribution >= 4 is 46.1 Å². The van der Waals surface area contributed by atoms with Crippen LogP contribution in [0.5, 0.6) is 0 Å². The number of nitrogens with zero attached hydrogens (tertiary/aromatic N) is 1. The van der Waals surface area contributed by atoms with Gasteiger partial charge >= 0.3 is 0 Å². The molecule has 130 valence electrons. The van der Waals surface area contributed by atoms with E-state index >= 15 is 0 Å². The van der Waals surface area contributed by atoms with Crippen LogP contribution in [0.3, 0.4) is 0 Å². The number of para-hydroxylation sites is 1. The molecule has 6 heteroatoms. The third-order valence-corrected chi connectivity index (χ3v) is 4.91. The zero-order valence-electron chi connectivity index (χ0n) is 14.3. The lowest BCUT2D eigenvalue weighted by molar-refractivity contribution is -0.113. The molecular formula is C19H19ClN2O2S. The summed E-state index contributed by atoms with van der Waals surface area (Å²) in [6.45, 7) is 6.23. The molecule has 1 heterocycles. The summed E-state index contributed by atoms with van der Waals surface area (Å²) in [4.78, 5) is 16.7. The van der Waals surface area contributed by atoms with Crippen molar-refractivity contribution in [3.63, 3.8) is 0 Å². The first-order chi connectivity index (χ1) is 11.9. The summed E-state index contributed by atoms with van der Waals surface area (Å²) < 4.78 is 5.62. The van der Waals surface area contributed by atoms with Gasteiger partial charge in [0.15, 0.2) is 5.58 Å². The molecule has 0 aliphatic rings. The highest BCUT2D eigenvalue weighted by atomic mass is 35.5. The van der Waals surface area contributed by atoms with Gasteiger partial charge in [0, 0.05) is 16.8 Å². The van der Waals surface area contributed by atoms with E-state index in [0.717, 1.165) is 22.3 Å². The van der Waals surface area contributed by atoms with Gasteiger partial charge in [-0.2, -0.15) is 0 Å². The van der Waals surface area contributed by atoms with Crippen molar-refractivity contribution in [1.29, 1.82) is 0 Å². The summed E-state index contributed by atoms with van der Waals surface area (Å²) in [6.07, 6.45) is 0. The maximum atomic E-state index is 12.4. The van der Waals surface area contributed by atoms with Crippen LogP contribution < -0.4 is 5.32 Å². The first-order valence-corrected chi connectivity index (χ1v) is 9.38. The average molecular weight is 375 g/mol. The Balaban J connectivity index is 1.69. The highest BCUT2D eigenvalue weighted by molar-refractivity contribution is 7.99. The van der Waals surface area contributed by atoms with Crippen molar-refractivity contribution in [3.8, 4) is 0 Å². The molecule has 0 fully saturated rings. The predicted octanol–water partition coefficient (Wildman–Crippen LogP) is 5.64. The smallest absolute Gasteiger partial charge is 0.257 e. The number of hydrogen-bond donors (Lipinski definition) is 1. The summed E-state index contributed by atoms with van der Waals surface area (Å²) in [5.74, 6) is 0.484. The Bertz CT molecular complexity index is 921. The molecule has 0 spiro atoms. The SMILES string of the molecule is Cc1cccc(C(C)C)c1NC(=O)CSc1nc2ccc(Cl)cc2o1. The minimum atomic E-state index is -0.0820. The van der Waals surface area contributed by atoms with Gasteiger partial charge in [0.25, 0.3) is 5.22 Å². The number of fused-ring (bicyclic) bond motifs is 1. The van der Waals surface area contributed by atoms with Crippen LogP contribution in [0, 0.1) is 6.92 Å². The molecule has 3 aromatic rings. The van der Waals surface area contributed by atoms with E-state index in [4.69, 9.17) is 16.0 Å².